The summed E-state index contributed by atoms with van der Waals surface area (Å²) in [7, 11) is 0. The van der Waals surface area contributed by atoms with E-state index in [4.69, 9.17) is 16.7 Å². The summed E-state index contributed by atoms with van der Waals surface area (Å²) >= 11 is 5.81. The summed E-state index contributed by atoms with van der Waals surface area (Å²) in [5.74, 6) is -2.86. The minimum absolute atomic E-state index is 0.00666. The summed E-state index contributed by atoms with van der Waals surface area (Å²) in [4.78, 5) is 0. The minimum Gasteiger partial charge on any atom is -0.503 e. The maximum Gasteiger partial charge on any atom is 0.187 e. The Morgan fingerprint density at radius 2 is 1.70 bits per heavy atom. The predicted molar refractivity (Wildman–Crippen MR) is 74.7 cm³/mol. The number of aromatic hydroxyl groups is 1. The average Bonchev–Trinajstić information content (AvgIpc) is 2.42. The second-order valence-electron chi connectivity index (χ2n) is 4.56. The lowest BCUT2D eigenvalue weighted by Gasteiger charge is -2.14. The summed E-state index contributed by atoms with van der Waals surface area (Å²) in [6, 6.07) is 9.58. The van der Waals surface area contributed by atoms with Crippen LogP contribution in [0.2, 0.25) is 5.02 Å². The highest BCUT2D eigenvalue weighted by atomic mass is 35.5. The van der Waals surface area contributed by atoms with Crippen LogP contribution in [0.5, 0.6) is 5.75 Å². The van der Waals surface area contributed by atoms with Crippen molar-refractivity contribution in [2.75, 3.05) is 0 Å². The molecule has 2 rings (SSSR count). The molecule has 20 heavy (non-hydrogen) atoms. The van der Waals surface area contributed by atoms with Crippen molar-refractivity contribution in [3.05, 3.63) is 64.2 Å². The van der Waals surface area contributed by atoms with Gasteiger partial charge in [-0.15, -0.1) is 0 Å². The van der Waals surface area contributed by atoms with Gasteiger partial charge in [0.05, 0.1) is 0 Å². The number of hydrogen-bond acceptors (Lipinski definition) is 2. The van der Waals surface area contributed by atoms with Crippen molar-refractivity contribution in [3.8, 4) is 5.75 Å². The van der Waals surface area contributed by atoms with Crippen LogP contribution < -0.4 is 5.32 Å². The molecule has 1 atom stereocenters. The molecular formula is C15H14ClF2NO. The molecule has 0 saturated heterocycles. The van der Waals surface area contributed by atoms with Gasteiger partial charge in [-0.2, -0.15) is 0 Å². The predicted octanol–water partition coefficient (Wildman–Crippen LogP) is 4.17. The molecule has 0 bridgehead atoms. The SMILES string of the molecule is CC(NCc1cc(F)c(O)c(F)c1)c1ccc(Cl)cc1. The zero-order valence-corrected chi connectivity index (χ0v) is 11.6. The first-order valence-corrected chi connectivity index (χ1v) is 6.51. The van der Waals surface area contributed by atoms with Gasteiger partial charge in [-0.05, 0) is 42.3 Å². The Labute approximate surface area is 121 Å². The van der Waals surface area contributed by atoms with Crippen LogP contribution in [0.4, 0.5) is 8.78 Å². The fraction of sp³-hybridized carbons (Fsp3) is 0.200. The van der Waals surface area contributed by atoms with E-state index in [1.54, 1.807) is 12.1 Å². The second-order valence-corrected chi connectivity index (χ2v) is 5.00. The molecular weight excluding hydrogens is 284 g/mol. The summed E-state index contributed by atoms with van der Waals surface area (Å²) < 4.78 is 26.4. The molecule has 0 amide bonds. The van der Waals surface area contributed by atoms with E-state index in [9.17, 15) is 8.78 Å². The first-order valence-electron chi connectivity index (χ1n) is 6.13. The van der Waals surface area contributed by atoms with Gasteiger partial charge in [0.25, 0.3) is 0 Å². The largest absolute Gasteiger partial charge is 0.503 e. The Kier molecular flexibility index (Phi) is 4.57. The zero-order valence-electron chi connectivity index (χ0n) is 10.8. The maximum absolute atomic E-state index is 13.2. The third-order valence-electron chi connectivity index (χ3n) is 3.06. The summed E-state index contributed by atoms with van der Waals surface area (Å²) in [6.07, 6.45) is 0. The topological polar surface area (TPSA) is 32.3 Å². The van der Waals surface area contributed by atoms with Crippen LogP contribution in [-0.2, 0) is 6.54 Å². The van der Waals surface area contributed by atoms with Gasteiger partial charge in [0, 0.05) is 17.6 Å². The number of nitrogens with one attached hydrogen (secondary N) is 1. The Hall–Kier alpha value is -1.65. The minimum atomic E-state index is -0.957. The zero-order chi connectivity index (χ0) is 14.7. The Morgan fingerprint density at radius 1 is 1.15 bits per heavy atom. The van der Waals surface area contributed by atoms with Crippen molar-refractivity contribution in [3.63, 3.8) is 0 Å². The standard InChI is InChI=1S/C15H14ClF2NO/c1-9(11-2-4-12(16)5-3-11)19-8-10-6-13(17)15(20)14(18)7-10/h2-7,9,19-20H,8H2,1H3. The highest BCUT2D eigenvalue weighted by Crippen LogP contribution is 2.22. The average molecular weight is 298 g/mol. The molecule has 0 aliphatic heterocycles. The number of benzene rings is 2. The Morgan fingerprint density at radius 3 is 2.25 bits per heavy atom. The molecule has 0 saturated carbocycles. The molecule has 0 heterocycles. The smallest absolute Gasteiger partial charge is 0.187 e. The highest BCUT2D eigenvalue weighted by molar-refractivity contribution is 6.30. The van der Waals surface area contributed by atoms with Crippen LogP contribution in [0.15, 0.2) is 36.4 Å². The van der Waals surface area contributed by atoms with Crippen molar-refractivity contribution in [2.24, 2.45) is 0 Å². The third-order valence-corrected chi connectivity index (χ3v) is 3.31. The van der Waals surface area contributed by atoms with Crippen molar-refractivity contribution >= 4 is 11.6 Å². The second kappa shape index (κ2) is 6.20. The van der Waals surface area contributed by atoms with Crippen LogP contribution >= 0.6 is 11.6 Å². The van der Waals surface area contributed by atoms with Crippen molar-refractivity contribution in [2.45, 2.75) is 19.5 Å². The van der Waals surface area contributed by atoms with Crippen molar-refractivity contribution in [1.82, 2.24) is 5.32 Å². The van der Waals surface area contributed by atoms with Gasteiger partial charge in [-0.25, -0.2) is 8.78 Å². The molecule has 0 fully saturated rings. The van der Waals surface area contributed by atoms with E-state index < -0.39 is 17.4 Å². The molecule has 2 aromatic carbocycles. The summed E-state index contributed by atoms with van der Waals surface area (Å²) in [5, 5.41) is 12.8. The van der Waals surface area contributed by atoms with Gasteiger partial charge in [-0.1, -0.05) is 23.7 Å². The van der Waals surface area contributed by atoms with Gasteiger partial charge < -0.3 is 10.4 Å². The van der Waals surface area contributed by atoms with E-state index in [0.29, 0.717) is 10.6 Å². The molecule has 2 N–H and O–H groups in total. The molecule has 2 nitrogen and oxygen atoms in total. The monoisotopic (exact) mass is 297 g/mol. The molecule has 0 aromatic heterocycles. The molecule has 0 aliphatic carbocycles. The van der Waals surface area contributed by atoms with Gasteiger partial charge >= 0.3 is 0 Å². The molecule has 5 heteroatoms. The number of hydrogen-bond donors (Lipinski definition) is 2. The van der Waals surface area contributed by atoms with Gasteiger partial charge in [-0.3, -0.25) is 0 Å². The fourth-order valence-electron chi connectivity index (χ4n) is 1.86. The first kappa shape index (κ1) is 14.8. The Bertz CT molecular complexity index is 578. The van der Waals surface area contributed by atoms with E-state index in [2.05, 4.69) is 5.32 Å². The third kappa shape index (κ3) is 3.46. The highest BCUT2D eigenvalue weighted by Gasteiger charge is 2.10. The van der Waals surface area contributed by atoms with Gasteiger partial charge in [0.15, 0.2) is 17.4 Å². The van der Waals surface area contributed by atoms with E-state index in [0.717, 1.165) is 17.7 Å². The van der Waals surface area contributed by atoms with E-state index >= 15 is 0 Å². The van der Waals surface area contributed by atoms with Crippen LogP contribution in [0, 0.1) is 11.6 Å². The molecule has 0 spiro atoms. The fourth-order valence-corrected chi connectivity index (χ4v) is 1.99. The normalized spacial score (nSPS) is 12.4. The lowest BCUT2D eigenvalue weighted by atomic mass is 10.1. The Balaban J connectivity index is 2.03. The summed E-state index contributed by atoms with van der Waals surface area (Å²) in [5.41, 5.74) is 1.45. The van der Waals surface area contributed by atoms with Crippen LogP contribution in [0.1, 0.15) is 24.1 Å². The lowest BCUT2D eigenvalue weighted by Crippen LogP contribution is -2.18. The van der Waals surface area contributed by atoms with Crippen LogP contribution in [-0.4, -0.2) is 5.11 Å². The van der Waals surface area contributed by atoms with Crippen LogP contribution in [0.25, 0.3) is 0 Å². The molecule has 0 aliphatic rings. The first-order chi connectivity index (χ1) is 9.47. The molecule has 106 valence electrons. The van der Waals surface area contributed by atoms with E-state index in [1.165, 1.54) is 0 Å². The molecule has 1 unspecified atom stereocenters. The van der Waals surface area contributed by atoms with Crippen molar-refractivity contribution < 1.29 is 13.9 Å². The number of halogens is 3. The van der Waals surface area contributed by atoms with E-state index in [-0.39, 0.29) is 12.6 Å². The lowest BCUT2D eigenvalue weighted by molar-refractivity contribution is 0.394. The van der Waals surface area contributed by atoms with E-state index in [1.807, 2.05) is 19.1 Å². The number of rotatable bonds is 4. The number of phenols is 1. The van der Waals surface area contributed by atoms with Crippen molar-refractivity contribution in [1.29, 1.82) is 0 Å². The van der Waals surface area contributed by atoms with Gasteiger partial charge in [0.2, 0.25) is 0 Å². The molecule has 2 aromatic rings. The molecule has 0 radical (unpaired) electrons. The quantitative estimate of drug-likeness (QED) is 0.887. The summed E-state index contributed by atoms with van der Waals surface area (Å²) in [6.45, 7) is 2.23. The van der Waals surface area contributed by atoms with Gasteiger partial charge in [0.1, 0.15) is 0 Å². The number of phenolic OH excluding ortho intramolecular Hbond substituents is 1. The van der Waals surface area contributed by atoms with Crippen LogP contribution in [0.3, 0.4) is 0 Å². The maximum atomic E-state index is 13.2.